The lowest BCUT2D eigenvalue weighted by atomic mass is 9.84. The number of benzene rings is 2. The van der Waals surface area contributed by atoms with Crippen molar-refractivity contribution in [3.05, 3.63) is 65.5 Å². The van der Waals surface area contributed by atoms with Gasteiger partial charge < -0.3 is 10.1 Å². The third kappa shape index (κ3) is 3.86. The molecule has 0 radical (unpaired) electrons. The minimum absolute atomic E-state index is 0.00605. The monoisotopic (exact) mass is 384 g/mol. The van der Waals surface area contributed by atoms with Gasteiger partial charge in [-0.1, -0.05) is 45.0 Å². The second-order valence-corrected chi connectivity index (χ2v) is 8.14. The molecule has 28 heavy (non-hydrogen) atoms. The van der Waals surface area contributed by atoms with Crippen LogP contribution in [-0.2, 0) is 15.7 Å². The zero-order valence-electron chi connectivity index (χ0n) is 16.6. The molecule has 1 aliphatic heterocycles. The summed E-state index contributed by atoms with van der Waals surface area (Å²) in [5, 5.41) is 2.79. The lowest BCUT2D eigenvalue weighted by Crippen LogP contribution is -2.41. The van der Waals surface area contributed by atoms with Crippen molar-refractivity contribution in [3.8, 4) is 5.75 Å². The number of carbonyl (C=O) groups is 2. The first-order chi connectivity index (χ1) is 13.1. The van der Waals surface area contributed by atoms with Crippen LogP contribution >= 0.6 is 0 Å². The number of nitrogens with zero attached hydrogens (tertiary/aromatic N) is 1. The molecule has 1 saturated heterocycles. The number of rotatable bonds is 5. The maximum atomic E-state index is 12.9. The summed E-state index contributed by atoms with van der Waals surface area (Å²) in [5.74, 6) is -0.188. The van der Waals surface area contributed by atoms with Crippen molar-refractivity contribution in [2.45, 2.75) is 38.6 Å². The van der Waals surface area contributed by atoms with Gasteiger partial charge in [-0.15, -0.1) is 0 Å². The molecule has 0 aromatic heterocycles. The number of urea groups is 1. The predicted molar refractivity (Wildman–Crippen MR) is 105 cm³/mol. The maximum Gasteiger partial charge on any atom is 0.325 e. The first-order valence-electron chi connectivity index (χ1n) is 9.25. The van der Waals surface area contributed by atoms with Crippen LogP contribution in [0.2, 0.25) is 0 Å². The summed E-state index contributed by atoms with van der Waals surface area (Å²) in [5.41, 5.74) is 0.789. The highest BCUT2D eigenvalue weighted by atomic mass is 19.1. The standard InChI is InChI=1S/C22H25FN2O3/c1-21(2,3)15-5-7-16(8-6-15)22(4)19(26)25(20(27)24-22)13-14-28-18-11-9-17(23)10-12-18/h5-12H,13-14H2,1-4H3,(H,24,27). The van der Waals surface area contributed by atoms with Crippen LogP contribution in [0, 0.1) is 5.82 Å². The van der Waals surface area contributed by atoms with Gasteiger partial charge in [0, 0.05) is 0 Å². The Hall–Kier alpha value is -2.89. The molecule has 1 heterocycles. The Morgan fingerprint density at radius 3 is 2.21 bits per heavy atom. The normalized spacial score (nSPS) is 19.7. The first-order valence-corrected chi connectivity index (χ1v) is 9.25. The topological polar surface area (TPSA) is 58.6 Å². The maximum absolute atomic E-state index is 12.9. The Morgan fingerprint density at radius 1 is 1.04 bits per heavy atom. The fraction of sp³-hybridized carbons (Fsp3) is 0.364. The van der Waals surface area contributed by atoms with Gasteiger partial charge >= 0.3 is 6.03 Å². The van der Waals surface area contributed by atoms with E-state index in [2.05, 4.69) is 26.1 Å². The van der Waals surface area contributed by atoms with Crippen molar-refractivity contribution in [1.82, 2.24) is 10.2 Å². The molecule has 3 rings (SSSR count). The highest BCUT2D eigenvalue weighted by Crippen LogP contribution is 2.31. The molecule has 0 spiro atoms. The second-order valence-electron chi connectivity index (χ2n) is 8.14. The summed E-state index contributed by atoms with van der Waals surface area (Å²) in [6.07, 6.45) is 0. The summed E-state index contributed by atoms with van der Waals surface area (Å²) in [4.78, 5) is 26.5. The Labute approximate surface area is 164 Å². The molecule has 1 unspecified atom stereocenters. The van der Waals surface area contributed by atoms with E-state index in [0.717, 1.165) is 16.0 Å². The Bertz CT molecular complexity index is 872. The van der Waals surface area contributed by atoms with Crippen LogP contribution < -0.4 is 10.1 Å². The van der Waals surface area contributed by atoms with Crippen molar-refractivity contribution >= 4 is 11.9 Å². The van der Waals surface area contributed by atoms with Gasteiger partial charge in [0.1, 0.15) is 23.7 Å². The molecule has 1 N–H and O–H groups in total. The van der Waals surface area contributed by atoms with Crippen LogP contribution in [0.4, 0.5) is 9.18 Å². The third-order valence-electron chi connectivity index (χ3n) is 5.00. The van der Waals surface area contributed by atoms with E-state index in [0.29, 0.717) is 5.75 Å². The number of ether oxygens (including phenoxy) is 1. The van der Waals surface area contributed by atoms with E-state index in [1.54, 1.807) is 6.92 Å². The average molecular weight is 384 g/mol. The Morgan fingerprint density at radius 2 is 1.64 bits per heavy atom. The van der Waals surface area contributed by atoms with Crippen LogP contribution in [-0.4, -0.2) is 30.0 Å². The summed E-state index contributed by atoms with van der Waals surface area (Å²) in [6, 6.07) is 12.9. The fourth-order valence-electron chi connectivity index (χ4n) is 3.18. The van der Waals surface area contributed by atoms with E-state index in [4.69, 9.17) is 4.74 Å². The van der Waals surface area contributed by atoms with Crippen LogP contribution in [0.5, 0.6) is 5.75 Å². The molecular weight excluding hydrogens is 359 g/mol. The summed E-state index contributed by atoms with van der Waals surface area (Å²) < 4.78 is 18.4. The number of nitrogens with one attached hydrogen (secondary N) is 1. The number of amides is 3. The molecule has 148 valence electrons. The largest absolute Gasteiger partial charge is 0.492 e. The minimum Gasteiger partial charge on any atom is -0.492 e. The van der Waals surface area contributed by atoms with Crippen LogP contribution in [0.3, 0.4) is 0 Å². The lowest BCUT2D eigenvalue weighted by molar-refractivity contribution is -0.131. The van der Waals surface area contributed by atoms with Gasteiger partial charge in [0.2, 0.25) is 0 Å². The molecule has 1 fully saturated rings. The van der Waals surface area contributed by atoms with E-state index >= 15 is 0 Å². The Balaban J connectivity index is 1.68. The zero-order chi connectivity index (χ0) is 20.5. The molecule has 1 atom stereocenters. The number of carbonyl (C=O) groups excluding carboxylic acids is 2. The van der Waals surface area contributed by atoms with Crippen LogP contribution in [0.25, 0.3) is 0 Å². The van der Waals surface area contributed by atoms with Gasteiger partial charge in [-0.2, -0.15) is 0 Å². The SMILES string of the molecule is CC(C)(C)c1ccc(C2(C)NC(=O)N(CCOc3ccc(F)cc3)C2=O)cc1. The third-order valence-corrected chi connectivity index (χ3v) is 5.00. The van der Waals surface area contributed by atoms with E-state index < -0.39 is 11.6 Å². The fourth-order valence-corrected chi connectivity index (χ4v) is 3.18. The van der Waals surface area contributed by atoms with E-state index in [1.165, 1.54) is 24.3 Å². The minimum atomic E-state index is -1.11. The Kier molecular flexibility index (Phi) is 5.15. The molecule has 6 heteroatoms. The highest BCUT2D eigenvalue weighted by molar-refractivity contribution is 6.07. The van der Waals surface area contributed by atoms with Gasteiger partial charge in [0.15, 0.2) is 0 Å². The molecule has 2 aromatic rings. The van der Waals surface area contributed by atoms with Crippen molar-refractivity contribution in [3.63, 3.8) is 0 Å². The number of hydrogen-bond donors (Lipinski definition) is 1. The van der Waals surface area contributed by atoms with Crippen molar-refractivity contribution in [2.24, 2.45) is 0 Å². The highest BCUT2D eigenvalue weighted by Gasteiger charge is 2.48. The van der Waals surface area contributed by atoms with Crippen molar-refractivity contribution in [2.75, 3.05) is 13.2 Å². The predicted octanol–water partition coefficient (Wildman–Crippen LogP) is 3.97. The smallest absolute Gasteiger partial charge is 0.325 e. The van der Waals surface area contributed by atoms with E-state index in [1.807, 2.05) is 24.3 Å². The van der Waals surface area contributed by atoms with Crippen LogP contribution in [0.1, 0.15) is 38.8 Å². The number of imide groups is 1. The van der Waals surface area contributed by atoms with Gasteiger partial charge in [0.05, 0.1) is 6.54 Å². The molecule has 3 amide bonds. The second kappa shape index (κ2) is 7.26. The van der Waals surface area contributed by atoms with Crippen LogP contribution in [0.15, 0.2) is 48.5 Å². The van der Waals surface area contributed by atoms with Crippen molar-refractivity contribution < 1.29 is 18.7 Å². The quantitative estimate of drug-likeness (QED) is 0.794. The zero-order valence-corrected chi connectivity index (χ0v) is 16.6. The average Bonchev–Trinajstić information content (AvgIpc) is 2.86. The summed E-state index contributed by atoms with van der Waals surface area (Å²) >= 11 is 0. The van der Waals surface area contributed by atoms with Crippen molar-refractivity contribution in [1.29, 1.82) is 0 Å². The molecule has 0 bridgehead atoms. The van der Waals surface area contributed by atoms with Gasteiger partial charge in [-0.05, 0) is 47.7 Å². The first kappa shape index (κ1) is 19.9. The molecule has 1 aliphatic rings. The van der Waals surface area contributed by atoms with E-state index in [-0.39, 0.29) is 30.3 Å². The van der Waals surface area contributed by atoms with Gasteiger partial charge in [-0.25, -0.2) is 9.18 Å². The molecule has 5 nitrogen and oxygen atoms in total. The molecule has 2 aromatic carbocycles. The summed E-state index contributed by atoms with van der Waals surface area (Å²) in [7, 11) is 0. The summed E-state index contributed by atoms with van der Waals surface area (Å²) in [6.45, 7) is 8.31. The number of hydrogen-bond acceptors (Lipinski definition) is 3. The molecule has 0 aliphatic carbocycles. The van der Waals surface area contributed by atoms with E-state index in [9.17, 15) is 14.0 Å². The lowest BCUT2D eigenvalue weighted by Gasteiger charge is -2.24. The molecular formula is C22H25FN2O3. The molecule has 0 saturated carbocycles. The number of halogens is 1. The van der Waals surface area contributed by atoms with Gasteiger partial charge in [0.25, 0.3) is 5.91 Å². The van der Waals surface area contributed by atoms with Gasteiger partial charge in [-0.3, -0.25) is 9.69 Å².